The normalized spacial score (nSPS) is 19.2. The molecule has 2 rings (SSSR count). The van der Waals surface area contributed by atoms with Crippen LogP contribution in [0.1, 0.15) is 34.1 Å². The molecule has 0 bridgehead atoms. The van der Waals surface area contributed by atoms with E-state index in [2.05, 4.69) is 0 Å². The number of ether oxygens (including phenoxy) is 1. The molecule has 1 heterocycles. The van der Waals surface area contributed by atoms with Crippen LogP contribution in [-0.4, -0.2) is 47.7 Å². The van der Waals surface area contributed by atoms with Gasteiger partial charge >= 0.3 is 5.97 Å². The Balaban J connectivity index is 2.37. The van der Waals surface area contributed by atoms with Crippen molar-refractivity contribution in [1.29, 1.82) is 0 Å². The monoisotopic (exact) mass is 299 g/mol. The Labute approximate surface area is 120 Å². The Bertz CT molecular complexity index is 576. The molecule has 0 spiro atoms. The molecule has 1 aromatic rings. The quantitative estimate of drug-likeness (QED) is 0.906. The molecule has 5 nitrogen and oxygen atoms in total. The average molecular weight is 299 g/mol. The summed E-state index contributed by atoms with van der Waals surface area (Å²) in [7, 11) is 0. The highest BCUT2D eigenvalue weighted by atomic mass is 19.2. The van der Waals surface area contributed by atoms with Crippen molar-refractivity contribution in [1.82, 2.24) is 4.90 Å². The highest BCUT2D eigenvalue weighted by molar-refractivity contribution is 6.04. The minimum absolute atomic E-state index is 0.199. The van der Waals surface area contributed by atoms with E-state index in [1.807, 2.05) is 0 Å². The van der Waals surface area contributed by atoms with E-state index in [0.717, 1.165) is 0 Å². The molecule has 0 aromatic heterocycles. The lowest BCUT2D eigenvalue weighted by atomic mass is 10.1. The first-order chi connectivity index (χ1) is 9.90. The van der Waals surface area contributed by atoms with E-state index in [-0.39, 0.29) is 18.2 Å². The summed E-state index contributed by atoms with van der Waals surface area (Å²) in [6, 6.07) is 1.17. The van der Waals surface area contributed by atoms with E-state index in [1.165, 1.54) is 4.90 Å². The fourth-order valence-electron chi connectivity index (χ4n) is 2.25. The summed E-state index contributed by atoms with van der Waals surface area (Å²) in [5, 5.41) is 9.05. The Kier molecular flexibility index (Phi) is 4.52. The number of carbonyl (C=O) groups excluding carboxylic acids is 1. The number of amides is 1. The molecular weight excluding hydrogens is 284 g/mol. The van der Waals surface area contributed by atoms with Crippen molar-refractivity contribution < 1.29 is 28.2 Å². The number of carboxylic acid groups (broad SMARTS) is 1. The van der Waals surface area contributed by atoms with E-state index in [9.17, 15) is 18.4 Å². The summed E-state index contributed by atoms with van der Waals surface area (Å²) < 4.78 is 31.9. The van der Waals surface area contributed by atoms with Gasteiger partial charge in [0.15, 0.2) is 11.6 Å². The summed E-state index contributed by atoms with van der Waals surface area (Å²) in [5.41, 5.74) is -0.896. The van der Waals surface area contributed by atoms with Crippen LogP contribution in [0, 0.1) is 11.6 Å². The second-order valence-corrected chi connectivity index (χ2v) is 4.90. The molecule has 1 aliphatic rings. The third-order valence-corrected chi connectivity index (χ3v) is 3.26. The summed E-state index contributed by atoms with van der Waals surface area (Å²) in [6.45, 7) is 2.93. The predicted molar refractivity (Wildman–Crippen MR) is 69.3 cm³/mol. The fourth-order valence-corrected chi connectivity index (χ4v) is 2.25. The van der Waals surface area contributed by atoms with Crippen molar-refractivity contribution in [2.24, 2.45) is 0 Å². The molecule has 1 fully saturated rings. The molecule has 0 aliphatic carbocycles. The standard InChI is InChI=1S/C14H15F2NO4/c1-8-7-17(3-2-4-21-8)13(18)9-5-11(15)12(16)6-10(9)14(19)20/h5-6,8H,2-4,7H2,1H3,(H,19,20). The van der Waals surface area contributed by atoms with Gasteiger partial charge in [-0.15, -0.1) is 0 Å². The molecule has 1 aromatic carbocycles. The molecule has 1 saturated heterocycles. The summed E-state index contributed by atoms with van der Waals surface area (Å²) in [6.07, 6.45) is 0.400. The van der Waals surface area contributed by atoms with Crippen LogP contribution >= 0.6 is 0 Å². The molecular formula is C14H15F2NO4. The number of hydrogen-bond donors (Lipinski definition) is 1. The molecule has 7 heteroatoms. The van der Waals surface area contributed by atoms with Crippen LogP contribution in [0.3, 0.4) is 0 Å². The molecule has 0 saturated carbocycles. The van der Waals surface area contributed by atoms with Crippen LogP contribution in [0.2, 0.25) is 0 Å². The summed E-state index contributed by atoms with van der Waals surface area (Å²) in [4.78, 5) is 24.9. The first-order valence-electron chi connectivity index (χ1n) is 6.53. The van der Waals surface area contributed by atoms with Crippen LogP contribution < -0.4 is 0 Å². The second kappa shape index (κ2) is 6.17. The van der Waals surface area contributed by atoms with Crippen LogP contribution in [0.15, 0.2) is 12.1 Å². The highest BCUT2D eigenvalue weighted by Crippen LogP contribution is 2.19. The largest absolute Gasteiger partial charge is 0.478 e. The van der Waals surface area contributed by atoms with Gasteiger partial charge in [0.05, 0.1) is 17.2 Å². The molecule has 1 N–H and O–H groups in total. The lowest BCUT2D eigenvalue weighted by Gasteiger charge is -2.23. The van der Waals surface area contributed by atoms with E-state index < -0.39 is 29.1 Å². The zero-order valence-corrected chi connectivity index (χ0v) is 11.4. The molecule has 1 amide bonds. The zero-order chi connectivity index (χ0) is 15.6. The van der Waals surface area contributed by atoms with Crippen LogP contribution in [0.4, 0.5) is 8.78 Å². The van der Waals surface area contributed by atoms with Gasteiger partial charge in [0, 0.05) is 19.7 Å². The number of nitrogens with zero attached hydrogens (tertiary/aromatic N) is 1. The van der Waals surface area contributed by atoms with Gasteiger partial charge in [-0.1, -0.05) is 0 Å². The van der Waals surface area contributed by atoms with Gasteiger partial charge in [-0.25, -0.2) is 13.6 Å². The lowest BCUT2D eigenvalue weighted by Crippen LogP contribution is -2.36. The number of halogens is 2. The number of aromatic carboxylic acids is 1. The van der Waals surface area contributed by atoms with Crippen molar-refractivity contribution >= 4 is 11.9 Å². The number of benzene rings is 1. The highest BCUT2D eigenvalue weighted by Gasteiger charge is 2.26. The van der Waals surface area contributed by atoms with Crippen molar-refractivity contribution in [2.45, 2.75) is 19.4 Å². The summed E-state index contributed by atoms with van der Waals surface area (Å²) in [5.74, 6) is -4.65. The van der Waals surface area contributed by atoms with Gasteiger partial charge < -0.3 is 14.7 Å². The van der Waals surface area contributed by atoms with Crippen molar-refractivity contribution in [3.05, 3.63) is 34.9 Å². The second-order valence-electron chi connectivity index (χ2n) is 4.90. The van der Waals surface area contributed by atoms with Crippen molar-refractivity contribution in [3.8, 4) is 0 Å². The maximum atomic E-state index is 13.3. The molecule has 1 aliphatic heterocycles. The van der Waals surface area contributed by atoms with Gasteiger partial charge in [-0.05, 0) is 25.5 Å². The minimum Gasteiger partial charge on any atom is -0.478 e. The number of rotatable bonds is 2. The number of carboxylic acids is 1. The van der Waals surface area contributed by atoms with Gasteiger partial charge in [0.25, 0.3) is 5.91 Å². The Hall–Kier alpha value is -2.02. The maximum absolute atomic E-state index is 13.3. The molecule has 21 heavy (non-hydrogen) atoms. The Morgan fingerprint density at radius 2 is 1.90 bits per heavy atom. The number of carbonyl (C=O) groups is 2. The topological polar surface area (TPSA) is 66.8 Å². The van der Waals surface area contributed by atoms with Crippen LogP contribution in [0.25, 0.3) is 0 Å². The zero-order valence-electron chi connectivity index (χ0n) is 11.4. The molecule has 1 atom stereocenters. The van der Waals surface area contributed by atoms with Gasteiger partial charge in [-0.2, -0.15) is 0 Å². The number of hydrogen-bond acceptors (Lipinski definition) is 3. The minimum atomic E-state index is -1.48. The van der Waals surface area contributed by atoms with Gasteiger partial charge in [0.2, 0.25) is 0 Å². The van der Waals surface area contributed by atoms with Crippen molar-refractivity contribution in [2.75, 3.05) is 19.7 Å². The van der Waals surface area contributed by atoms with E-state index in [1.54, 1.807) is 6.92 Å². The molecule has 0 radical (unpaired) electrons. The summed E-state index contributed by atoms with van der Waals surface area (Å²) >= 11 is 0. The van der Waals surface area contributed by atoms with Crippen molar-refractivity contribution in [3.63, 3.8) is 0 Å². The maximum Gasteiger partial charge on any atom is 0.336 e. The van der Waals surface area contributed by atoms with Gasteiger partial charge in [0.1, 0.15) is 0 Å². The third-order valence-electron chi connectivity index (χ3n) is 3.26. The van der Waals surface area contributed by atoms with E-state index in [0.29, 0.717) is 31.7 Å². The smallest absolute Gasteiger partial charge is 0.336 e. The fraction of sp³-hybridized carbons (Fsp3) is 0.429. The Morgan fingerprint density at radius 1 is 1.29 bits per heavy atom. The SMILES string of the molecule is CC1CN(C(=O)c2cc(F)c(F)cc2C(=O)O)CCCO1. The van der Waals surface area contributed by atoms with Crippen LogP contribution in [-0.2, 0) is 4.74 Å². The lowest BCUT2D eigenvalue weighted by molar-refractivity contribution is 0.0556. The van der Waals surface area contributed by atoms with E-state index >= 15 is 0 Å². The first-order valence-corrected chi connectivity index (χ1v) is 6.53. The van der Waals surface area contributed by atoms with Crippen LogP contribution in [0.5, 0.6) is 0 Å². The average Bonchev–Trinajstić information content (AvgIpc) is 2.65. The Morgan fingerprint density at radius 3 is 2.52 bits per heavy atom. The molecule has 1 unspecified atom stereocenters. The van der Waals surface area contributed by atoms with E-state index in [4.69, 9.17) is 9.84 Å². The van der Waals surface area contributed by atoms with Gasteiger partial charge in [-0.3, -0.25) is 4.79 Å². The third kappa shape index (κ3) is 3.36. The predicted octanol–water partition coefficient (Wildman–Crippen LogP) is 1.91. The first kappa shape index (κ1) is 15.4. The molecule has 114 valence electrons.